The molecule has 0 spiro atoms. The number of hydrogen-bond acceptors (Lipinski definition) is 3. The van der Waals surface area contributed by atoms with Crippen molar-refractivity contribution in [1.29, 1.82) is 0 Å². The van der Waals surface area contributed by atoms with E-state index in [0.717, 1.165) is 39.9 Å². The SMILES string of the molecule is C/C(=C\N)C(C1=CN=CCC1)c1ccc2ncccc2c1Cl. The van der Waals surface area contributed by atoms with Crippen LogP contribution in [-0.4, -0.2) is 11.2 Å². The highest BCUT2D eigenvalue weighted by atomic mass is 35.5. The first-order chi connectivity index (χ1) is 10.7. The van der Waals surface area contributed by atoms with Crippen molar-refractivity contribution < 1.29 is 0 Å². The van der Waals surface area contributed by atoms with Gasteiger partial charge in [0.2, 0.25) is 0 Å². The molecule has 1 aromatic carbocycles. The highest BCUT2D eigenvalue weighted by Gasteiger charge is 2.23. The van der Waals surface area contributed by atoms with E-state index in [4.69, 9.17) is 17.3 Å². The second-order valence-corrected chi connectivity index (χ2v) is 5.83. The summed E-state index contributed by atoms with van der Waals surface area (Å²) in [7, 11) is 0. The molecule has 22 heavy (non-hydrogen) atoms. The van der Waals surface area contributed by atoms with Crippen molar-refractivity contribution in [3.8, 4) is 0 Å². The minimum Gasteiger partial charge on any atom is -0.405 e. The van der Waals surface area contributed by atoms with E-state index in [1.807, 2.05) is 37.5 Å². The molecular weight excluding hydrogens is 294 g/mol. The van der Waals surface area contributed by atoms with Crippen LogP contribution in [0.1, 0.15) is 31.2 Å². The first-order valence-electron chi connectivity index (χ1n) is 7.34. The van der Waals surface area contributed by atoms with Crippen molar-refractivity contribution in [3.63, 3.8) is 0 Å². The Hall–Kier alpha value is -2.13. The van der Waals surface area contributed by atoms with Crippen LogP contribution < -0.4 is 5.73 Å². The normalized spacial score (nSPS) is 16.6. The molecular formula is C18H18ClN3. The van der Waals surface area contributed by atoms with Gasteiger partial charge in [-0.05, 0) is 60.9 Å². The van der Waals surface area contributed by atoms with Gasteiger partial charge < -0.3 is 5.73 Å². The molecule has 0 amide bonds. The molecule has 2 heterocycles. The Morgan fingerprint density at radius 3 is 2.95 bits per heavy atom. The molecule has 3 rings (SSSR count). The van der Waals surface area contributed by atoms with Gasteiger partial charge in [0, 0.05) is 29.9 Å². The van der Waals surface area contributed by atoms with Crippen LogP contribution in [0.2, 0.25) is 5.02 Å². The summed E-state index contributed by atoms with van der Waals surface area (Å²) < 4.78 is 0. The van der Waals surface area contributed by atoms with Crippen LogP contribution in [0.25, 0.3) is 10.9 Å². The van der Waals surface area contributed by atoms with E-state index >= 15 is 0 Å². The van der Waals surface area contributed by atoms with Gasteiger partial charge in [0.05, 0.1) is 10.5 Å². The number of nitrogens with two attached hydrogens (primary N) is 1. The average Bonchev–Trinajstić information content (AvgIpc) is 2.58. The third-order valence-corrected chi connectivity index (χ3v) is 4.48. The predicted molar refractivity (Wildman–Crippen MR) is 93.2 cm³/mol. The monoisotopic (exact) mass is 311 g/mol. The van der Waals surface area contributed by atoms with Crippen molar-refractivity contribution in [2.24, 2.45) is 10.7 Å². The number of aliphatic imine (C=N–C) groups is 1. The average molecular weight is 312 g/mol. The van der Waals surface area contributed by atoms with E-state index in [1.54, 1.807) is 12.4 Å². The Morgan fingerprint density at radius 1 is 1.36 bits per heavy atom. The number of aromatic nitrogens is 1. The van der Waals surface area contributed by atoms with Crippen LogP contribution in [0, 0.1) is 0 Å². The summed E-state index contributed by atoms with van der Waals surface area (Å²) >= 11 is 6.68. The minimum absolute atomic E-state index is 0.0690. The quantitative estimate of drug-likeness (QED) is 0.901. The molecule has 1 aliphatic rings. The maximum Gasteiger partial charge on any atom is 0.0717 e. The number of pyridine rings is 1. The second kappa shape index (κ2) is 6.32. The topological polar surface area (TPSA) is 51.3 Å². The molecule has 1 aromatic heterocycles. The lowest BCUT2D eigenvalue weighted by Crippen LogP contribution is -2.09. The molecule has 2 aromatic rings. The highest BCUT2D eigenvalue weighted by Crippen LogP contribution is 2.40. The summed E-state index contributed by atoms with van der Waals surface area (Å²) in [6.45, 7) is 2.04. The van der Waals surface area contributed by atoms with Crippen molar-refractivity contribution in [3.05, 3.63) is 64.6 Å². The molecule has 0 fully saturated rings. The first-order valence-corrected chi connectivity index (χ1v) is 7.72. The summed E-state index contributed by atoms with van der Waals surface area (Å²) in [5, 5.41) is 1.71. The molecule has 1 unspecified atom stereocenters. The van der Waals surface area contributed by atoms with Gasteiger partial charge in [-0.3, -0.25) is 9.98 Å². The van der Waals surface area contributed by atoms with E-state index in [9.17, 15) is 0 Å². The van der Waals surface area contributed by atoms with Gasteiger partial charge in [-0.25, -0.2) is 0 Å². The lowest BCUT2D eigenvalue weighted by atomic mass is 9.83. The Kier molecular flexibility index (Phi) is 4.25. The fourth-order valence-electron chi connectivity index (χ4n) is 2.93. The number of fused-ring (bicyclic) bond motifs is 1. The summed E-state index contributed by atoms with van der Waals surface area (Å²) in [4.78, 5) is 8.66. The molecule has 3 nitrogen and oxygen atoms in total. The molecule has 4 heteroatoms. The van der Waals surface area contributed by atoms with Gasteiger partial charge in [0.1, 0.15) is 0 Å². The van der Waals surface area contributed by atoms with Gasteiger partial charge in [-0.15, -0.1) is 0 Å². The number of halogens is 1. The van der Waals surface area contributed by atoms with E-state index in [2.05, 4.69) is 16.0 Å². The predicted octanol–water partition coefficient (Wildman–Crippen LogP) is 4.58. The molecule has 2 N–H and O–H groups in total. The van der Waals surface area contributed by atoms with E-state index in [-0.39, 0.29) is 5.92 Å². The molecule has 0 aliphatic carbocycles. The number of rotatable bonds is 3. The summed E-state index contributed by atoms with van der Waals surface area (Å²) in [6.07, 6.45) is 9.24. The van der Waals surface area contributed by atoms with Crippen molar-refractivity contribution in [1.82, 2.24) is 4.98 Å². The van der Waals surface area contributed by atoms with Crippen LogP contribution in [0.5, 0.6) is 0 Å². The first kappa shape index (κ1) is 14.8. The van der Waals surface area contributed by atoms with E-state index < -0.39 is 0 Å². The molecule has 0 saturated carbocycles. The van der Waals surface area contributed by atoms with Crippen LogP contribution in [0.15, 0.2) is 59.0 Å². The maximum absolute atomic E-state index is 6.68. The molecule has 1 atom stereocenters. The summed E-state index contributed by atoms with van der Waals surface area (Å²) in [6, 6.07) is 7.97. The van der Waals surface area contributed by atoms with E-state index in [0.29, 0.717) is 0 Å². The molecule has 0 saturated heterocycles. The fourth-order valence-corrected chi connectivity index (χ4v) is 3.26. The summed E-state index contributed by atoms with van der Waals surface area (Å²) in [5.41, 5.74) is 10.1. The van der Waals surface area contributed by atoms with Crippen molar-refractivity contribution in [2.75, 3.05) is 0 Å². The maximum atomic E-state index is 6.68. The lowest BCUT2D eigenvalue weighted by Gasteiger charge is -2.24. The smallest absolute Gasteiger partial charge is 0.0717 e. The van der Waals surface area contributed by atoms with Gasteiger partial charge in [-0.1, -0.05) is 17.7 Å². The zero-order chi connectivity index (χ0) is 15.5. The van der Waals surface area contributed by atoms with Crippen molar-refractivity contribution in [2.45, 2.75) is 25.7 Å². The zero-order valence-electron chi connectivity index (χ0n) is 12.5. The Labute approximate surface area is 135 Å². The fraction of sp³-hybridized carbons (Fsp3) is 0.222. The Balaban J connectivity index is 2.18. The van der Waals surface area contributed by atoms with Gasteiger partial charge in [0.15, 0.2) is 0 Å². The van der Waals surface area contributed by atoms with Gasteiger partial charge in [0.25, 0.3) is 0 Å². The largest absolute Gasteiger partial charge is 0.405 e. The third kappa shape index (κ3) is 2.64. The molecule has 112 valence electrons. The van der Waals surface area contributed by atoms with Crippen LogP contribution in [0.3, 0.4) is 0 Å². The van der Waals surface area contributed by atoms with Gasteiger partial charge in [-0.2, -0.15) is 0 Å². The van der Waals surface area contributed by atoms with Crippen molar-refractivity contribution >= 4 is 28.7 Å². The molecule has 0 bridgehead atoms. The number of hydrogen-bond donors (Lipinski definition) is 1. The third-order valence-electron chi connectivity index (χ3n) is 4.06. The zero-order valence-corrected chi connectivity index (χ0v) is 13.2. The second-order valence-electron chi connectivity index (χ2n) is 5.46. The molecule has 1 aliphatic heterocycles. The Bertz CT molecular complexity index is 790. The van der Waals surface area contributed by atoms with Crippen LogP contribution >= 0.6 is 11.6 Å². The molecule has 0 radical (unpaired) electrons. The summed E-state index contributed by atoms with van der Waals surface area (Å²) in [5.74, 6) is 0.0690. The number of nitrogens with zero attached hydrogens (tertiary/aromatic N) is 2. The van der Waals surface area contributed by atoms with Crippen LogP contribution in [0.4, 0.5) is 0 Å². The van der Waals surface area contributed by atoms with Gasteiger partial charge >= 0.3 is 0 Å². The Morgan fingerprint density at radius 2 is 2.23 bits per heavy atom. The number of allylic oxidation sites excluding steroid dienone is 2. The lowest BCUT2D eigenvalue weighted by molar-refractivity contribution is 0.825. The highest BCUT2D eigenvalue weighted by molar-refractivity contribution is 6.36. The van der Waals surface area contributed by atoms with E-state index in [1.165, 1.54) is 5.57 Å². The number of benzene rings is 1. The minimum atomic E-state index is 0.0690. The van der Waals surface area contributed by atoms with Crippen LogP contribution in [-0.2, 0) is 0 Å². The standard InChI is InChI=1S/C18H18ClN3/c1-12(10-20)17(13-4-2-8-21-11-13)15-6-7-16-14(18(15)19)5-3-9-22-16/h3,5-11,17H,2,4,20H2,1H3/b12-10+.